The zero-order chi connectivity index (χ0) is 12.9. The van der Waals surface area contributed by atoms with Crippen LogP contribution in [0.1, 0.15) is 65.7 Å². The van der Waals surface area contributed by atoms with E-state index in [2.05, 4.69) is 19.2 Å². The van der Waals surface area contributed by atoms with E-state index in [0.717, 1.165) is 32.2 Å². The molecule has 0 radical (unpaired) electrons. The average molecular weight is 243 g/mol. The molecule has 3 heteroatoms. The smallest absolute Gasteiger partial charge is 0.323 e. The molecule has 0 bridgehead atoms. The lowest BCUT2D eigenvalue weighted by Gasteiger charge is -2.15. The summed E-state index contributed by atoms with van der Waals surface area (Å²) < 4.78 is 5.21. The van der Waals surface area contributed by atoms with Gasteiger partial charge in [0.2, 0.25) is 0 Å². The Balaban J connectivity index is 3.62. The van der Waals surface area contributed by atoms with Crippen LogP contribution in [0.3, 0.4) is 0 Å². The Labute approximate surface area is 106 Å². The van der Waals surface area contributed by atoms with Crippen LogP contribution >= 0.6 is 0 Å². The summed E-state index contributed by atoms with van der Waals surface area (Å²) in [5.74, 6) is -0.0866. The summed E-state index contributed by atoms with van der Waals surface area (Å²) in [7, 11) is 0. The van der Waals surface area contributed by atoms with E-state index in [1.165, 1.54) is 19.3 Å². The lowest BCUT2D eigenvalue weighted by Crippen LogP contribution is -2.38. The summed E-state index contributed by atoms with van der Waals surface area (Å²) in [4.78, 5) is 11.7. The fourth-order valence-electron chi connectivity index (χ4n) is 1.64. The zero-order valence-electron chi connectivity index (χ0n) is 11.8. The Bertz CT molecular complexity index is 183. The fraction of sp³-hybridized carbons (Fsp3) is 0.929. The van der Waals surface area contributed by atoms with Crippen LogP contribution in [0, 0.1) is 0 Å². The van der Waals surface area contributed by atoms with Gasteiger partial charge in [-0.15, -0.1) is 0 Å². The number of hydrogen-bond donors (Lipinski definition) is 1. The third-order valence-electron chi connectivity index (χ3n) is 2.86. The van der Waals surface area contributed by atoms with E-state index in [4.69, 9.17) is 4.74 Å². The van der Waals surface area contributed by atoms with Crippen LogP contribution < -0.4 is 5.32 Å². The molecule has 0 aromatic rings. The molecule has 0 aliphatic carbocycles. The summed E-state index contributed by atoms with van der Waals surface area (Å²) in [5.41, 5.74) is 0. The molecule has 0 aromatic carbocycles. The minimum atomic E-state index is -0.117. The van der Waals surface area contributed by atoms with Crippen molar-refractivity contribution in [2.24, 2.45) is 0 Å². The van der Waals surface area contributed by atoms with Gasteiger partial charge in [0.05, 0.1) is 6.61 Å². The quantitative estimate of drug-likeness (QED) is 0.447. The van der Waals surface area contributed by atoms with Crippen LogP contribution in [-0.2, 0) is 9.53 Å². The number of nitrogens with one attached hydrogen (secondary N) is 1. The predicted octanol–water partition coefficient (Wildman–Crippen LogP) is 3.28. The van der Waals surface area contributed by atoms with Gasteiger partial charge in [0.1, 0.15) is 6.04 Å². The lowest BCUT2D eigenvalue weighted by molar-refractivity contribution is -0.146. The fourth-order valence-corrected chi connectivity index (χ4v) is 1.64. The minimum absolute atomic E-state index is 0.0866. The third-order valence-corrected chi connectivity index (χ3v) is 2.86. The maximum atomic E-state index is 11.7. The molecule has 0 spiro atoms. The van der Waals surface area contributed by atoms with E-state index in [0.29, 0.717) is 6.61 Å². The van der Waals surface area contributed by atoms with Crippen molar-refractivity contribution in [3.63, 3.8) is 0 Å². The van der Waals surface area contributed by atoms with Gasteiger partial charge < -0.3 is 10.1 Å². The van der Waals surface area contributed by atoms with Gasteiger partial charge in [-0.05, 0) is 25.8 Å². The molecule has 0 rings (SSSR count). The molecule has 0 aliphatic heterocycles. The van der Waals surface area contributed by atoms with E-state index >= 15 is 0 Å². The van der Waals surface area contributed by atoms with E-state index in [-0.39, 0.29) is 12.0 Å². The second-order valence-corrected chi connectivity index (χ2v) is 4.50. The maximum Gasteiger partial charge on any atom is 0.323 e. The normalized spacial score (nSPS) is 12.4. The van der Waals surface area contributed by atoms with E-state index in [1.807, 2.05) is 6.92 Å². The first-order valence-electron chi connectivity index (χ1n) is 7.16. The van der Waals surface area contributed by atoms with Crippen LogP contribution in [0.4, 0.5) is 0 Å². The van der Waals surface area contributed by atoms with Crippen molar-refractivity contribution >= 4 is 5.97 Å². The molecule has 1 atom stereocenters. The number of carbonyl (C=O) groups is 1. The van der Waals surface area contributed by atoms with Crippen molar-refractivity contribution in [3.05, 3.63) is 0 Å². The first-order chi connectivity index (χ1) is 8.26. The molecule has 1 unspecified atom stereocenters. The van der Waals surface area contributed by atoms with Gasteiger partial charge in [-0.1, -0.05) is 46.5 Å². The molecule has 0 saturated heterocycles. The van der Waals surface area contributed by atoms with Gasteiger partial charge >= 0.3 is 5.97 Å². The highest BCUT2D eigenvalue weighted by molar-refractivity contribution is 5.75. The van der Waals surface area contributed by atoms with Crippen molar-refractivity contribution in [1.29, 1.82) is 0 Å². The highest BCUT2D eigenvalue weighted by Gasteiger charge is 2.16. The average Bonchev–Trinajstić information content (AvgIpc) is 2.34. The van der Waals surface area contributed by atoms with E-state index < -0.39 is 0 Å². The van der Waals surface area contributed by atoms with E-state index in [1.54, 1.807) is 0 Å². The minimum Gasteiger partial charge on any atom is -0.465 e. The monoisotopic (exact) mass is 243 g/mol. The van der Waals surface area contributed by atoms with Gasteiger partial charge in [0, 0.05) is 0 Å². The molecular formula is C14H29NO2. The maximum absolute atomic E-state index is 11.7. The van der Waals surface area contributed by atoms with Gasteiger partial charge in [0.15, 0.2) is 0 Å². The standard InChI is InChI=1S/C14H29NO2/c1-4-7-9-10-11-15-13(6-3)14(16)17-12-8-5-2/h13,15H,4-12H2,1-3H3. The van der Waals surface area contributed by atoms with Gasteiger partial charge in [-0.3, -0.25) is 4.79 Å². The third kappa shape index (κ3) is 9.16. The number of unbranched alkanes of at least 4 members (excludes halogenated alkanes) is 4. The molecule has 3 nitrogen and oxygen atoms in total. The number of esters is 1. The van der Waals surface area contributed by atoms with Crippen LogP contribution in [0.5, 0.6) is 0 Å². The molecule has 0 heterocycles. The highest BCUT2D eigenvalue weighted by atomic mass is 16.5. The number of rotatable bonds is 11. The Morgan fingerprint density at radius 1 is 1.06 bits per heavy atom. The van der Waals surface area contributed by atoms with Crippen molar-refractivity contribution in [2.75, 3.05) is 13.2 Å². The number of carbonyl (C=O) groups excluding carboxylic acids is 1. The van der Waals surface area contributed by atoms with Crippen LogP contribution in [0.2, 0.25) is 0 Å². The Kier molecular flexibility index (Phi) is 11.5. The molecule has 0 saturated carbocycles. The second-order valence-electron chi connectivity index (χ2n) is 4.50. The lowest BCUT2D eigenvalue weighted by atomic mass is 10.2. The van der Waals surface area contributed by atoms with Crippen molar-refractivity contribution < 1.29 is 9.53 Å². The van der Waals surface area contributed by atoms with Crippen LogP contribution in [0.15, 0.2) is 0 Å². The molecule has 1 N–H and O–H groups in total. The summed E-state index contributed by atoms with van der Waals surface area (Å²) >= 11 is 0. The molecule has 0 amide bonds. The highest BCUT2D eigenvalue weighted by Crippen LogP contribution is 2.00. The summed E-state index contributed by atoms with van der Waals surface area (Å²) in [6.45, 7) is 7.79. The topological polar surface area (TPSA) is 38.3 Å². The number of ether oxygens (including phenoxy) is 1. The van der Waals surface area contributed by atoms with E-state index in [9.17, 15) is 4.79 Å². The van der Waals surface area contributed by atoms with Crippen molar-refractivity contribution in [1.82, 2.24) is 5.32 Å². The molecule has 0 aromatic heterocycles. The molecule has 0 fully saturated rings. The zero-order valence-corrected chi connectivity index (χ0v) is 11.8. The number of hydrogen-bond acceptors (Lipinski definition) is 3. The summed E-state index contributed by atoms with van der Waals surface area (Å²) in [6.07, 6.45) is 7.74. The largest absolute Gasteiger partial charge is 0.465 e. The molecule has 102 valence electrons. The summed E-state index contributed by atoms with van der Waals surface area (Å²) in [6, 6.07) is -0.117. The Hall–Kier alpha value is -0.570. The van der Waals surface area contributed by atoms with Gasteiger partial charge in [-0.2, -0.15) is 0 Å². The Morgan fingerprint density at radius 2 is 1.76 bits per heavy atom. The first kappa shape index (κ1) is 16.4. The van der Waals surface area contributed by atoms with Gasteiger partial charge in [-0.25, -0.2) is 0 Å². The molecule has 0 aliphatic rings. The Morgan fingerprint density at radius 3 is 2.35 bits per heavy atom. The van der Waals surface area contributed by atoms with Crippen LogP contribution in [-0.4, -0.2) is 25.2 Å². The van der Waals surface area contributed by atoms with Crippen molar-refractivity contribution in [2.45, 2.75) is 71.8 Å². The SMILES string of the molecule is CCCCCCNC(CC)C(=O)OCCCC. The molecular weight excluding hydrogens is 214 g/mol. The van der Waals surface area contributed by atoms with Crippen molar-refractivity contribution in [3.8, 4) is 0 Å². The second kappa shape index (κ2) is 11.9. The summed E-state index contributed by atoms with van der Waals surface area (Å²) in [5, 5.41) is 3.28. The molecule has 17 heavy (non-hydrogen) atoms. The van der Waals surface area contributed by atoms with Crippen LogP contribution in [0.25, 0.3) is 0 Å². The van der Waals surface area contributed by atoms with Gasteiger partial charge in [0.25, 0.3) is 0 Å². The predicted molar refractivity (Wildman–Crippen MR) is 72.1 cm³/mol. The first-order valence-corrected chi connectivity index (χ1v) is 7.16.